The summed E-state index contributed by atoms with van der Waals surface area (Å²) in [6, 6.07) is 13.5. The Morgan fingerprint density at radius 2 is 1.59 bits per heavy atom. The molecule has 0 saturated carbocycles. The van der Waals surface area contributed by atoms with E-state index in [1.54, 1.807) is 13.8 Å². The molecule has 0 radical (unpaired) electrons. The molecule has 0 saturated heterocycles. The van der Waals surface area contributed by atoms with Crippen molar-refractivity contribution >= 4 is 32.8 Å². The highest BCUT2D eigenvalue weighted by atomic mass is 32.2. The van der Waals surface area contributed by atoms with E-state index in [1.165, 1.54) is 24.3 Å². The zero-order chi connectivity index (χ0) is 19.4. The van der Waals surface area contributed by atoms with Gasteiger partial charge in [-0.1, -0.05) is 12.1 Å². The zero-order valence-electron chi connectivity index (χ0n) is 14.7. The number of para-hydroxylation sites is 2. The lowest BCUT2D eigenvalue weighted by atomic mass is 10.3. The highest BCUT2D eigenvalue weighted by molar-refractivity contribution is 7.92. The van der Waals surface area contributed by atoms with Crippen molar-refractivity contribution < 1.29 is 12.8 Å². The number of H-pyrrole nitrogens is 1. The van der Waals surface area contributed by atoms with Gasteiger partial charge in [0.1, 0.15) is 16.8 Å². The van der Waals surface area contributed by atoms with Crippen LogP contribution in [0.3, 0.4) is 0 Å². The van der Waals surface area contributed by atoms with E-state index in [2.05, 4.69) is 25.1 Å². The standard InChI is InChI=1S/C11H13N3O3S.C6H5N3/c1-7-8(2)17-11(13-7)14-18(15,16)10-5-3-9(12)4-6-10;1-2-4-6-5(3-1)7-9-8-6/h3-6H,12H2,1-2H3,(H,13,14);1-4H,(H,7,8,9). The number of hydrogen-bond acceptors (Lipinski definition) is 7. The summed E-state index contributed by atoms with van der Waals surface area (Å²) in [6.07, 6.45) is 0. The summed E-state index contributed by atoms with van der Waals surface area (Å²) in [5.74, 6) is 0.574. The molecule has 0 fully saturated rings. The van der Waals surface area contributed by atoms with Gasteiger partial charge < -0.3 is 10.2 Å². The second-order valence-corrected chi connectivity index (χ2v) is 7.33. The number of nitrogens with zero attached hydrogens (tertiary/aromatic N) is 3. The molecule has 4 rings (SSSR count). The molecule has 0 aliphatic heterocycles. The Kier molecular flexibility index (Phi) is 5.08. The lowest BCUT2D eigenvalue weighted by molar-refractivity contribution is 0.542. The molecule has 2 aromatic carbocycles. The van der Waals surface area contributed by atoms with Crippen molar-refractivity contribution in [2.45, 2.75) is 18.7 Å². The fraction of sp³-hybridized carbons (Fsp3) is 0.118. The van der Waals surface area contributed by atoms with Crippen molar-refractivity contribution in [1.82, 2.24) is 20.4 Å². The quantitative estimate of drug-likeness (QED) is 0.460. The minimum Gasteiger partial charge on any atom is -0.428 e. The van der Waals surface area contributed by atoms with Crippen LogP contribution in [0.5, 0.6) is 0 Å². The number of aromatic amines is 1. The van der Waals surface area contributed by atoms with Gasteiger partial charge in [-0.3, -0.25) is 0 Å². The second kappa shape index (κ2) is 7.46. The number of aromatic nitrogens is 4. The van der Waals surface area contributed by atoms with Gasteiger partial charge in [-0.25, -0.2) is 13.1 Å². The average Bonchev–Trinajstić information content (AvgIpc) is 3.22. The SMILES string of the molecule is Cc1nc(NS(=O)(=O)c2ccc(N)cc2)oc1C.c1ccc2n[nH]nc2c1. The third-order valence-electron chi connectivity index (χ3n) is 3.66. The zero-order valence-corrected chi connectivity index (χ0v) is 15.5. The van der Waals surface area contributed by atoms with Crippen molar-refractivity contribution in [3.63, 3.8) is 0 Å². The van der Waals surface area contributed by atoms with Gasteiger partial charge in [0.25, 0.3) is 10.0 Å². The van der Waals surface area contributed by atoms with E-state index in [1.807, 2.05) is 24.3 Å². The monoisotopic (exact) mass is 386 g/mol. The molecule has 0 aliphatic rings. The van der Waals surface area contributed by atoms with Crippen molar-refractivity contribution in [3.8, 4) is 0 Å². The van der Waals surface area contributed by atoms with E-state index in [0.717, 1.165) is 11.0 Å². The van der Waals surface area contributed by atoms with Crippen LogP contribution in [0.2, 0.25) is 0 Å². The smallest absolute Gasteiger partial charge is 0.309 e. The van der Waals surface area contributed by atoms with Crippen LogP contribution in [0, 0.1) is 13.8 Å². The Hall–Kier alpha value is -3.40. The van der Waals surface area contributed by atoms with Gasteiger partial charge in [0.2, 0.25) is 0 Å². The van der Waals surface area contributed by atoms with Crippen LogP contribution in [0.25, 0.3) is 11.0 Å². The van der Waals surface area contributed by atoms with Crippen LogP contribution < -0.4 is 10.5 Å². The van der Waals surface area contributed by atoms with Gasteiger partial charge in [-0.05, 0) is 50.2 Å². The summed E-state index contributed by atoms with van der Waals surface area (Å²) < 4.78 is 31.4. The lowest BCUT2D eigenvalue weighted by Gasteiger charge is -2.04. The molecule has 2 aromatic heterocycles. The molecule has 0 atom stereocenters. The Bertz CT molecular complexity index is 1100. The van der Waals surface area contributed by atoms with E-state index in [4.69, 9.17) is 10.2 Å². The number of sulfonamides is 1. The van der Waals surface area contributed by atoms with Crippen LogP contribution in [0.15, 0.2) is 57.8 Å². The average molecular weight is 386 g/mol. The molecule has 27 heavy (non-hydrogen) atoms. The number of anilines is 2. The van der Waals surface area contributed by atoms with Crippen LogP contribution in [0.4, 0.5) is 11.7 Å². The fourth-order valence-corrected chi connectivity index (χ4v) is 3.05. The predicted molar refractivity (Wildman–Crippen MR) is 102 cm³/mol. The number of nitrogens with one attached hydrogen (secondary N) is 2. The highest BCUT2D eigenvalue weighted by Gasteiger charge is 2.17. The summed E-state index contributed by atoms with van der Waals surface area (Å²) in [7, 11) is -3.70. The molecule has 0 unspecified atom stereocenters. The maximum absolute atomic E-state index is 12.0. The number of hydrogen-bond donors (Lipinski definition) is 3. The maximum atomic E-state index is 12.0. The van der Waals surface area contributed by atoms with E-state index in [9.17, 15) is 8.42 Å². The fourth-order valence-electron chi connectivity index (χ4n) is 2.12. The minimum atomic E-state index is -3.70. The molecular weight excluding hydrogens is 368 g/mol. The molecule has 4 aromatic rings. The number of benzene rings is 2. The van der Waals surface area contributed by atoms with E-state index in [0.29, 0.717) is 17.1 Å². The number of rotatable bonds is 3. The Balaban J connectivity index is 0.000000193. The summed E-state index contributed by atoms with van der Waals surface area (Å²) in [5.41, 5.74) is 8.47. The Morgan fingerprint density at radius 3 is 2.11 bits per heavy atom. The van der Waals surface area contributed by atoms with Crippen molar-refractivity contribution in [2.24, 2.45) is 0 Å². The predicted octanol–water partition coefficient (Wildman–Crippen LogP) is 2.63. The largest absolute Gasteiger partial charge is 0.428 e. The first kappa shape index (κ1) is 18.4. The molecule has 140 valence electrons. The minimum absolute atomic E-state index is 0.0400. The van der Waals surface area contributed by atoms with Gasteiger partial charge in [-0.2, -0.15) is 20.4 Å². The number of fused-ring (bicyclic) bond motifs is 1. The maximum Gasteiger partial charge on any atom is 0.309 e. The van der Waals surface area contributed by atoms with Crippen LogP contribution in [-0.2, 0) is 10.0 Å². The second-order valence-electron chi connectivity index (χ2n) is 5.65. The van der Waals surface area contributed by atoms with Crippen LogP contribution in [0.1, 0.15) is 11.5 Å². The first-order valence-electron chi connectivity index (χ1n) is 7.93. The molecule has 9 nitrogen and oxygen atoms in total. The topological polar surface area (TPSA) is 140 Å². The van der Waals surface area contributed by atoms with Crippen molar-refractivity contribution in [1.29, 1.82) is 0 Å². The first-order valence-corrected chi connectivity index (χ1v) is 9.41. The number of oxazole rings is 1. The molecule has 0 bridgehead atoms. The van der Waals surface area contributed by atoms with Gasteiger partial charge >= 0.3 is 6.01 Å². The van der Waals surface area contributed by atoms with Crippen molar-refractivity contribution in [3.05, 3.63) is 60.0 Å². The van der Waals surface area contributed by atoms with Crippen LogP contribution >= 0.6 is 0 Å². The number of nitrogen functional groups attached to an aromatic ring is 1. The summed E-state index contributed by atoms with van der Waals surface area (Å²) in [4.78, 5) is 4.06. The molecule has 10 heteroatoms. The third kappa shape index (κ3) is 4.42. The molecule has 2 heterocycles. The number of nitrogens with two attached hydrogens (primary N) is 1. The molecule has 0 amide bonds. The van der Waals surface area contributed by atoms with Gasteiger partial charge in [0.05, 0.1) is 10.6 Å². The molecule has 0 spiro atoms. The molecule has 4 N–H and O–H groups in total. The third-order valence-corrected chi connectivity index (χ3v) is 5.00. The Labute approximate surface area is 155 Å². The lowest BCUT2D eigenvalue weighted by Crippen LogP contribution is -2.13. The van der Waals surface area contributed by atoms with Crippen molar-refractivity contribution in [2.75, 3.05) is 10.5 Å². The first-order chi connectivity index (χ1) is 12.8. The normalized spacial score (nSPS) is 11.0. The van der Waals surface area contributed by atoms with Gasteiger partial charge in [0.15, 0.2) is 0 Å². The molecular formula is C17H18N6O3S. The summed E-state index contributed by atoms with van der Waals surface area (Å²) >= 11 is 0. The van der Waals surface area contributed by atoms with E-state index in [-0.39, 0.29) is 10.9 Å². The van der Waals surface area contributed by atoms with Gasteiger partial charge in [0, 0.05) is 5.69 Å². The molecule has 0 aliphatic carbocycles. The van der Waals surface area contributed by atoms with Gasteiger partial charge in [-0.15, -0.1) is 0 Å². The van der Waals surface area contributed by atoms with E-state index >= 15 is 0 Å². The van der Waals surface area contributed by atoms with Crippen LogP contribution in [-0.4, -0.2) is 28.8 Å². The summed E-state index contributed by atoms with van der Waals surface area (Å²) in [6.45, 7) is 3.45. The summed E-state index contributed by atoms with van der Waals surface area (Å²) in [5, 5.41) is 10.3. The number of aryl methyl sites for hydroxylation is 2. The Morgan fingerprint density at radius 1 is 1.00 bits per heavy atom. The van der Waals surface area contributed by atoms with E-state index < -0.39 is 10.0 Å². The highest BCUT2D eigenvalue weighted by Crippen LogP contribution is 2.18.